The van der Waals surface area contributed by atoms with Crippen LogP contribution in [0.2, 0.25) is 0 Å². The van der Waals surface area contributed by atoms with E-state index in [1.165, 1.54) is 12.1 Å². The SMILES string of the molecule is N#Cc1ccccc1N[N+](=O)[O-]. The van der Waals surface area contributed by atoms with Crippen LogP contribution in [0.15, 0.2) is 24.3 Å². The van der Waals surface area contributed by atoms with Gasteiger partial charge in [0.25, 0.3) is 0 Å². The van der Waals surface area contributed by atoms with Crippen LogP contribution in [0.1, 0.15) is 5.56 Å². The van der Waals surface area contributed by atoms with Crippen molar-refractivity contribution in [3.05, 3.63) is 39.9 Å². The Balaban J connectivity index is 2.99. The molecule has 0 saturated carbocycles. The summed E-state index contributed by atoms with van der Waals surface area (Å²) in [4.78, 5) is 10.0. The molecule has 0 unspecified atom stereocenters. The lowest BCUT2D eigenvalue weighted by molar-refractivity contribution is -0.445. The standard InChI is InChI=1S/C7H5N3O2/c8-5-6-3-1-2-4-7(6)9-10(11)12/h1-4,9H. The number of hydrogen-bond donors (Lipinski definition) is 1. The average molecular weight is 163 g/mol. The molecule has 0 atom stereocenters. The monoisotopic (exact) mass is 163 g/mol. The molecular weight excluding hydrogens is 158 g/mol. The Bertz CT molecular complexity index is 343. The Hall–Kier alpha value is -2.09. The maximum Gasteiger partial charge on any atom is 0.162 e. The van der Waals surface area contributed by atoms with Crippen molar-refractivity contribution in [1.29, 1.82) is 5.26 Å². The summed E-state index contributed by atoms with van der Waals surface area (Å²) in [5.41, 5.74) is 2.40. The highest BCUT2D eigenvalue weighted by Gasteiger charge is 2.03. The first-order valence-corrected chi connectivity index (χ1v) is 3.14. The molecule has 0 radical (unpaired) electrons. The quantitative estimate of drug-likeness (QED) is 0.524. The van der Waals surface area contributed by atoms with Crippen LogP contribution in [-0.4, -0.2) is 5.03 Å². The zero-order chi connectivity index (χ0) is 8.97. The van der Waals surface area contributed by atoms with Gasteiger partial charge in [-0.25, -0.2) is 10.1 Å². The highest BCUT2D eigenvalue weighted by molar-refractivity contribution is 5.55. The van der Waals surface area contributed by atoms with E-state index in [1.807, 2.05) is 11.5 Å². The molecule has 0 aliphatic heterocycles. The first-order valence-electron chi connectivity index (χ1n) is 3.14. The van der Waals surface area contributed by atoms with Crippen molar-refractivity contribution in [2.75, 3.05) is 5.43 Å². The van der Waals surface area contributed by atoms with Crippen LogP contribution in [0, 0.1) is 21.4 Å². The van der Waals surface area contributed by atoms with Gasteiger partial charge in [0.1, 0.15) is 11.8 Å². The molecule has 0 aliphatic rings. The molecule has 0 saturated heterocycles. The van der Waals surface area contributed by atoms with Crippen molar-refractivity contribution in [2.24, 2.45) is 0 Å². The second kappa shape index (κ2) is 3.34. The van der Waals surface area contributed by atoms with Gasteiger partial charge in [0.05, 0.1) is 5.56 Å². The van der Waals surface area contributed by atoms with Gasteiger partial charge in [0.15, 0.2) is 5.03 Å². The topological polar surface area (TPSA) is 79.0 Å². The zero-order valence-corrected chi connectivity index (χ0v) is 6.02. The summed E-state index contributed by atoms with van der Waals surface area (Å²) in [6, 6.07) is 8.07. The molecule has 12 heavy (non-hydrogen) atoms. The number of hydrazine groups is 1. The smallest absolute Gasteiger partial charge is 0.162 e. The van der Waals surface area contributed by atoms with Crippen LogP contribution in [0.25, 0.3) is 0 Å². The van der Waals surface area contributed by atoms with Crippen molar-refractivity contribution in [2.45, 2.75) is 0 Å². The molecule has 0 fully saturated rings. The van der Waals surface area contributed by atoms with Crippen molar-refractivity contribution in [3.63, 3.8) is 0 Å². The van der Waals surface area contributed by atoms with E-state index in [4.69, 9.17) is 5.26 Å². The summed E-state index contributed by atoms with van der Waals surface area (Å²) >= 11 is 0. The van der Waals surface area contributed by atoms with Gasteiger partial charge in [0, 0.05) is 0 Å². The predicted octanol–water partition coefficient (Wildman–Crippen LogP) is 1.16. The number of nitrogens with zero attached hydrogens (tertiary/aromatic N) is 2. The number of anilines is 1. The Labute approximate surface area is 68.4 Å². The van der Waals surface area contributed by atoms with E-state index in [0.29, 0.717) is 0 Å². The molecule has 5 nitrogen and oxygen atoms in total. The van der Waals surface area contributed by atoms with Crippen LogP contribution in [0.5, 0.6) is 0 Å². The van der Waals surface area contributed by atoms with Gasteiger partial charge in [0.2, 0.25) is 0 Å². The number of para-hydroxylation sites is 1. The number of rotatable bonds is 2. The zero-order valence-electron chi connectivity index (χ0n) is 6.02. The lowest BCUT2D eigenvalue weighted by atomic mass is 10.2. The molecule has 60 valence electrons. The fourth-order valence-electron chi connectivity index (χ4n) is 0.776. The van der Waals surface area contributed by atoms with Crippen molar-refractivity contribution >= 4 is 5.69 Å². The molecule has 0 spiro atoms. The minimum Gasteiger partial charge on any atom is -0.235 e. The molecule has 1 rings (SSSR count). The summed E-state index contributed by atoms with van der Waals surface area (Å²) in [5, 5.41) is 17.8. The van der Waals surface area contributed by atoms with Crippen molar-refractivity contribution in [1.82, 2.24) is 0 Å². The van der Waals surface area contributed by atoms with Crippen LogP contribution in [0.3, 0.4) is 0 Å². The highest BCUT2D eigenvalue weighted by atomic mass is 16.7. The number of nitro groups is 1. The van der Waals surface area contributed by atoms with Crippen molar-refractivity contribution < 1.29 is 5.03 Å². The van der Waals surface area contributed by atoms with Crippen LogP contribution >= 0.6 is 0 Å². The number of benzene rings is 1. The summed E-state index contributed by atoms with van der Waals surface area (Å²) < 4.78 is 0. The molecule has 0 aliphatic carbocycles. The van der Waals surface area contributed by atoms with Crippen molar-refractivity contribution in [3.8, 4) is 6.07 Å². The molecular formula is C7H5N3O2. The first kappa shape index (κ1) is 8.01. The minimum atomic E-state index is -0.698. The predicted molar refractivity (Wildman–Crippen MR) is 41.8 cm³/mol. The van der Waals surface area contributed by atoms with Crippen LogP contribution in [0.4, 0.5) is 5.69 Å². The highest BCUT2D eigenvalue weighted by Crippen LogP contribution is 2.12. The fraction of sp³-hybridized carbons (Fsp3) is 0. The maximum absolute atomic E-state index is 10.0. The third-order valence-electron chi connectivity index (χ3n) is 1.26. The third-order valence-corrected chi connectivity index (χ3v) is 1.26. The fourth-order valence-corrected chi connectivity index (χ4v) is 0.776. The summed E-state index contributed by atoms with van der Waals surface area (Å²) in [5.74, 6) is 0. The molecule has 0 bridgehead atoms. The molecule has 0 amide bonds. The van der Waals surface area contributed by atoms with E-state index < -0.39 is 5.03 Å². The van der Waals surface area contributed by atoms with E-state index in [2.05, 4.69) is 0 Å². The third kappa shape index (κ3) is 1.70. The normalized spacial score (nSPS) is 8.58. The largest absolute Gasteiger partial charge is 0.235 e. The van der Waals surface area contributed by atoms with Gasteiger partial charge in [-0.1, -0.05) is 12.1 Å². The summed E-state index contributed by atoms with van der Waals surface area (Å²) in [6.45, 7) is 0. The number of hydrogen-bond acceptors (Lipinski definition) is 3. The Morgan fingerprint density at radius 3 is 2.75 bits per heavy atom. The van der Waals surface area contributed by atoms with Crippen LogP contribution in [-0.2, 0) is 0 Å². The Kier molecular flexibility index (Phi) is 2.23. The maximum atomic E-state index is 10.0. The van der Waals surface area contributed by atoms with E-state index in [0.717, 1.165) is 0 Å². The van der Waals surface area contributed by atoms with Gasteiger partial charge in [-0.05, 0) is 12.1 Å². The molecule has 1 aromatic rings. The van der Waals surface area contributed by atoms with Gasteiger partial charge in [-0.3, -0.25) is 0 Å². The first-order chi connectivity index (χ1) is 5.74. The summed E-state index contributed by atoms with van der Waals surface area (Å²) in [7, 11) is 0. The van der Waals surface area contributed by atoms with E-state index in [1.54, 1.807) is 12.1 Å². The van der Waals surface area contributed by atoms with E-state index in [9.17, 15) is 10.1 Å². The minimum absolute atomic E-state index is 0.213. The Morgan fingerprint density at radius 2 is 2.17 bits per heavy atom. The Morgan fingerprint density at radius 1 is 1.50 bits per heavy atom. The molecule has 5 heteroatoms. The van der Waals surface area contributed by atoms with Gasteiger partial charge >= 0.3 is 0 Å². The molecule has 1 aromatic carbocycles. The van der Waals surface area contributed by atoms with Gasteiger partial charge in [-0.15, -0.1) is 5.43 Å². The molecule has 0 heterocycles. The van der Waals surface area contributed by atoms with E-state index in [-0.39, 0.29) is 11.3 Å². The number of nitrogens with one attached hydrogen (secondary N) is 1. The van der Waals surface area contributed by atoms with Crippen LogP contribution < -0.4 is 5.43 Å². The van der Waals surface area contributed by atoms with Gasteiger partial charge in [-0.2, -0.15) is 5.26 Å². The van der Waals surface area contributed by atoms with E-state index >= 15 is 0 Å². The lowest BCUT2D eigenvalue weighted by Crippen LogP contribution is -2.08. The van der Waals surface area contributed by atoms with Gasteiger partial charge < -0.3 is 0 Å². The second-order valence-electron chi connectivity index (χ2n) is 2.03. The molecule has 1 N–H and O–H groups in total. The lowest BCUT2D eigenvalue weighted by Gasteiger charge is -1.97. The average Bonchev–Trinajstić information content (AvgIpc) is 2.04. The second-order valence-corrected chi connectivity index (χ2v) is 2.03. The summed E-state index contributed by atoms with van der Waals surface area (Å²) in [6.07, 6.45) is 0. The molecule has 0 aromatic heterocycles. The number of nitriles is 1.